The number of carbonyl (C=O) groups is 3. The number of benzene rings is 3. The molecule has 4 aromatic rings. The molecule has 3 aromatic carbocycles. The minimum Gasteiger partial charge on any atom is -0.496 e. The fourth-order valence-corrected chi connectivity index (χ4v) is 5.94. The maximum atomic E-state index is 13.4. The van der Waals surface area contributed by atoms with Gasteiger partial charge in [-0.05, 0) is 70.0 Å². The molecule has 0 spiro atoms. The highest BCUT2D eigenvalue weighted by atomic mass is 79.9. The highest BCUT2D eigenvalue weighted by molar-refractivity contribution is 9.10. The number of para-hydroxylation sites is 1. The molecule has 40 heavy (non-hydrogen) atoms. The Bertz CT molecular complexity index is 1700. The second-order valence-electron chi connectivity index (χ2n) is 8.66. The number of fused-ring (bicyclic) bond motifs is 1. The van der Waals surface area contributed by atoms with Gasteiger partial charge in [-0.25, -0.2) is 4.39 Å². The summed E-state index contributed by atoms with van der Waals surface area (Å²) in [4.78, 5) is 41.1. The Morgan fingerprint density at radius 2 is 1.90 bits per heavy atom. The van der Waals surface area contributed by atoms with Crippen LogP contribution in [0.5, 0.6) is 5.75 Å². The zero-order valence-electron chi connectivity index (χ0n) is 20.9. The molecule has 7 nitrogen and oxygen atoms in total. The fraction of sp³-hybridized carbons (Fsp3) is 0.103. The number of rotatable bonds is 8. The predicted octanol–water partition coefficient (Wildman–Crippen LogP) is 6.80. The van der Waals surface area contributed by atoms with Crippen LogP contribution in [0.15, 0.2) is 80.5 Å². The molecule has 5 rings (SSSR count). The Labute approximate surface area is 246 Å². The average Bonchev–Trinajstić information content (AvgIpc) is 3.44. The van der Waals surface area contributed by atoms with Crippen molar-refractivity contribution < 1.29 is 27.9 Å². The second kappa shape index (κ2) is 11.7. The quantitative estimate of drug-likeness (QED) is 0.129. The summed E-state index contributed by atoms with van der Waals surface area (Å²) in [6, 6.07) is 17.6. The molecule has 1 aliphatic heterocycles. The molecule has 1 fully saturated rings. The third-order valence-corrected chi connectivity index (χ3v) is 8.08. The van der Waals surface area contributed by atoms with Crippen LogP contribution in [0, 0.1) is 5.82 Å². The maximum Gasteiger partial charge on any atom is 0.266 e. The van der Waals surface area contributed by atoms with Crippen molar-refractivity contribution in [1.82, 2.24) is 4.90 Å². The summed E-state index contributed by atoms with van der Waals surface area (Å²) in [7, 11) is 1.53. The number of hydrogen-bond donors (Lipinski definition) is 1. The number of thiocarbonyl (C=S) groups is 1. The van der Waals surface area contributed by atoms with Crippen LogP contribution in [0.3, 0.4) is 0 Å². The summed E-state index contributed by atoms with van der Waals surface area (Å²) >= 11 is 9.87. The molecular formula is C29H20BrFN2O5S2. The third kappa shape index (κ3) is 5.72. The normalized spacial score (nSPS) is 14.3. The van der Waals surface area contributed by atoms with E-state index in [9.17, 15) is 18.8 Å². The molecule has 1 N–H and O–H groups in total. The van der Waals surface area contributed by atoms with Crippen LogP contribution in [0.1, 0.15) is 28.1 Å². The Balaban J connectivity index is 1.33. The summed E-state index contributed by atoms with van der Waals surface area (Å²) in [5.74, 6) is -0.993. The molecule has 1 aliphatic rings. The van der Waals surface area contributed by atoms with Crippen molar-refractivity contribution in [3.05, 3.63) is 98.8 Å². The number of carbonyl (C=O) groups excluding carboxylic acids is 3. The lowest BCUT2D eigenvalue weighted by Gasteiger charge is -2.14. The largest absolute Gasteiger partial charge is 0.496 e. The van der Waals surface area contributed by atoms with Crippen molar-refractivity contribution in [2.75, 3.05) is 19.0 Å². The van der Waals surface area contributed by atoms with E-state index >= 15 is 0 Å². The van der Waals surface area contributed by atoms with Gasteiger partial charge < -0.3 is 14.5 Å². The highest BCUT2D eigenvalue weighted by Crippen LogP contribution is 2.35. The number of furan rings is 1. The molecular weight excluding hydrogens is 619 g/mol. The van der Waals surface area contributed by atoms with E-state index in [0.29, 0.717) is 41.5 Å². The monoisotopic (exact) mass is 638 g/mol. The van der Waals surface area contributed by atoms with Gasteiger partial charge in [-0.2, -0.15) is 0 Å². The SMILES string of the molecule is COc1ccc(C(=O)c2oc3ccccc3c2NC(=O)CCN2C(=O)/C(=C/c3ccc(F)cc3)SC2=S)cc1Br. The third-order valence-electron chi connectivity index (χ3n) is 6.08. The Morgan fingerprint density at radius 3 is 2.62 bits per heavy atom. The van der Waals surface area contributed by atoms with E-state index < -0.39 is 11.7 Å². The van der Waals surface area contributed by atoms with Gasteiger partial charge in [-0.3, -0.25) is 19.3 Å². The van der Waals surface area contributed by atoms with Crippen LogP contribution >= 0.6 is 39.9 Å². The van der Waals surface area contributed by atoms with E-state index in [-0.39, 0.29) is 36.1 Å². The Kier molecular flexibility index (Phi) is 8.15. The van der Waals surface area contributed by atoms with Crippen molar-refractivity contribution in [2.24, 2.45) is 0 Å². The lowest BCUT2D eigenvalue weighted by Crippen LogP contribution is -2.31. The zero-order valence-corrected chi connectivity index (χ0v) is 24.1. The average molecular weight is 640 g/mol. The van der Waals surface area contributed by atoms with E-state index in [1.54, 1.807) is 60.7 Å². The number of thioether (sulfide) groups is 1. The van der Waals surface area contributed by atoms with Crippen molar-refractivity contribution in [2.45, 2.75) is 6.42 Å². The molecule has 2 heterocycles. The lowest BCUT2D eigenvalue weighted by atomic mass is 10.1. The van der Waals surface area contributed by atoms with E-state index in [1.165, 1.54) is 24.1 Å². The number of methoxy groups -OCH3 is 1. The fourth-order valence-electron chi connectivity index (χ4n) is 4.09. The molecule has 0 saturated carbocycles. The molecule has 11 heteroatoms. The highest BCUT2D eigenvalue weighted by Gasteiger charge is 2.32. The van der Waals surface area contributed by atoms with E-state index in [4.69, 9.17) is 21.4 Å². The number of anilines is 1. The smallest absolute Gasteiger partial charge is 0.266 e. The minimum atomic E-state index is -0.423. The van der Waals surface area contributed by atoms with Crippen LogP contribution < -0.4 is 10.1 Å². The summed E-state index contributed by atoms with van der Waals surface area (Å²) < 4.78 is 25.2. The first-order valence-electron chi connectivity index (χ1n) is 12.0. The van der Waals surface area contributed by atoms with Gasteiger partial charge in [0.2, 0.25) is 11.7 Å². The maximum absolute atomic E-state index is 13.4. The van der Waals surface area contributed by atoms with Crippen LogP contribution in [0.4, 0.5) is 10.1 Å². The first kappa shape index (κ1) is 27.8. The predicted molar refractivity (Wildman–Crippen MR) is 160 cm³/mol. The summed E-state index contributed by atoms with van der Waals surface area (Å²) in [6.07, 6.45) is 1.56. The first-order chi connectivity index (χ1) is 19.2. The van der Waals surface area contributed by atoms with Gasteiger partial charge >= 0.3 is 0 Å². The lowest BCUT2D eigenvalue weighted by molar-refractivity contribution is -0.122. The molecule has 202 valence electrons. The van der Waals surface area contributed by atoms with Gasteiger partial charge in [0.25, 0.3) is 5.91 Å². The van der Waals surface area contributed by atoms with Gasteiger partial charge in [0.05, 0.1) is 22.2 Å². The zero-order chi connectivity index (χ0) is 28.4. The molecule has 1 aromatic heterocycles. The van der Waals surface area contributed by atoms with Gasteiger partial charge in [-0.1, -0.05) is 48.2 Å². The summed E-state index contributed by atoms with van der Waals surface area (Å²) in [5, 5.41) is 3.37. The van der Waals surface area contributed by atoms with Crippen LogP contribution in [0.25, 0.3) is 17.0 Å². The molecule has 0 radical (unpaired) electrons. The van der Waals surface area contributed by atoms with Crippen LogP contribution in [0.2, 0.25) is 0 Å². The Morgan fingerprint density at radius 1 is 1.15 bits per heavy atom. The Hall–Kier alpha value is -3.80. The van der Waals surface area contributed by atoms with Gasteiger partial charge in [0.15, 0.2) is 5.76 Å². The van der Waals surface area contributed by atoms with E-state index in [1.807, 2.05) is 0 Å². The van der Waals surface area contributed by atoms with Crippen molar-refractivity contribution in [3.63, 3.8) is 0 Å². The number of nitrogens with one attached hydrogen (secondary N) is 1. The standard InChI is InChI=1S/C29H20BrFN2O5S2/c1-37-22-11-8-17(15-20(22)30)26(35)27-25(19-4-2-3-5-21(19)38-27)32-24(34)12-13-33-28(36)23(40-29(33)39)14-16-6-9-18(31)10-7-16/h2-11,14-15H,12-13H2,1H3,(H,32,34)/b23-14-. The number of amides is 2. The molecule has 1 saturated heterocycles. The molecule has 0 unspecified atom stereocenters. The van der Waals surface area contributed by atoms with Crippen molar-refractivity contribution in [1.29, 1.82) is 0 Å². The molecule has 0 aliphatic carbocycles. The number of ether oxygens (including phenoxy) is 1. The van der Waals surface area contributed by atoms with Crippen molar-refractivity contribution in [3.8, 4) is 5.75 Å². The first-order valence-corrected chi connectivity index (χ1v) is 14.0. The number of ketones is 1. The number of nitrogens with zero attached hydrogens (tertiary/aromatic N) is 1. The van der Waals surface area contributed by atoms with Gasteiger partial charge in [-0.15, -0.1) is 0 Å². The summed E-state index contributed by atoms with van der Waals surface area (Å²) in [5.41, 5.74) is 1.69. The molecule has 2 amide bonds. The van der Waals surface area contributed by atoms with Crippen molar-refractivity contribution >= 4 is 84.6 Å². The topological polar surface area (TPSA) is 88.8 Å². The summed E-state index contributed by atoms with van der Waals surface area (Å²) in [6.45, 7) is 0.0434. The minimum absolute atomic E-state index is 0.0144. The molecule has 0 atom stereocenters. The van der Waals surface area contributed by atoms with Crippen LogP contribution in [-0.2, 0) is 9.59 Å². The van der Waals surface area contributed by atoms with Crippen LogP contribution in [-0.4, -0.2) is 40.5 Å². The number of hydrogen-bond acceptors (Lipinski definition) is 7. The van der Waals surface area contributed by atoms with Gasteiger partial charge in [0.1, 0.15) is 21.5 Å². The number of halogens is 2. The second-order valence-corrected chi connectivity index (χ2v) is 11.2. The van der Waals surface area contributed by atoms with E-state index in [0.717, 1.165) is 11.8 Å². The molecule has 0 bridgehead atoms. The van der Waals surface area contributed by atoms with Gasteiger partial charge in [0, 0.05) is 23.9 Å². The van der Waals surface area contributed by atoms with E-state index in [2.05, 4.69) is 21.2 Å².